The lowest BCUT2D eigenvalue weighted by molar-refractivity contribution is -0.940. The summed E-state index contributed by atoms with van der Waals surface area (Å²) in [7, 11) is 4.19. The maximum Gasteiger partial charge on any atom is 0.310 e. The molecular formula is C17H24NO3+. The van der Waals surface area contributed by atoms with Gasteiger partial charge in [-0.15, -0.1) is 0 Å². The maximum atomic E-state index is 11.9. The average Bonchev–Trinajstić information content (AvgIpc) is 2.81. The van der Waals surface area contributed by atoms with Crippen molar-refractivity contribution >= 4 is 5.97 Å². The number of ether oxygens (including phenoxy) is 2. The van der Waals surface area contributed by atoms with Crippen molar-refractivity contribution in [1.29, 1.82) is 0 Å². The number of cyclic esters (lactones) is 1. The van der Waals surface area contributed by atoms with E-state index in [4.69, 9.17) is 9.47 Å². The summed E-state index contributed by atoms with van der Waals surface area (Å²) in [6, 6.07) is 0. The molecule has 1 saturated heterocycles. The Hall–Kier alpha value is -1.13. The molecule has 3 heterocycles. The Kier molecular flexibility index (Phi) is 2.86. The van der Waals surface area contributed by atoms with Crippen molar-refractivity contribution in [3.8, 4) is 0 Å². The van der Waals surface area contributed by atoms with Gasteiger partial charge in [-0.05, 0) is 17.6 Å². The van der Waals surface area contributed by atoms with Gasteiger partial charge in [0.25, 0.3) is 0 Å². The zero-order chi connectivity index (χ0) is 14.7. The van der Waals surface area contributed by atoms with Crippen LogP contribution in [0.5, 0.6) is 0 Å². The highest BCUT2D eigenvalue weighted by molar-refractivity contribution is 5.76. The highest BCUT2D eigenvalue weighted by Crippen LogP contribution is 2.55. The maximum absolute atomic E-state index is 11.9. The quantitative estimate of drug-likeness (QED) is 0.421. The number of likely N-dealkylation sites (N-methyl/N-ethyl adjacent to an activating group) is 1. The summed E-state index contributed by atoms with van der Waals surface area (Å²) in [5, 5.41) is 0. The number of esters is 1. The highest BCUT2D eigenvalue weighted by atomic mass is 16.5. The van der Waals surface area contributed by atoms with Crippen LogP contribution in [0, 0.1) is 0 Å². The minimum atomic E-state index is -0.0534. The van der Waals surface area contributed by atoms with Crippen molar-refractivity contribution < 1.29 is 18.8 Å². The third kappa shape index (κ3) is 1.66. The molecule has 1 aliphatic carbocycles. The summed E-state index contributed by atoms with van der Waals surface area (Å²) in [6.45, 7) is 2.86. The van der Waals surface area contributed by atoms with E-state index in [9.17, 15) is 4.79 Å². The van der Waals surface area contributed by atoms with Crippen molar-refractivity contribution in [3.63, 3.8) is 0 Å². The van der Waals surface area contributed by atoms with Crippen molar-refractivity contribution in [2.45, 2.75) is 43.7 Å². The van der Waals surface area contributed by atoms with Gasteiger partial charge in [0.15, 0.2) is 0 Å². The van der Waals surface area contributed by atoms with Gasteiger partial charge in [-0.3, -0.25) is 4.79 Å². The van der Waals surface area contributed by atoms with E-state index in [1.165, 1.54) is 24.1 Å². The van der Waals surface area contributed by atoms with E-state index >= 15 is 0 Å². The molecule has 1 fully saturated rings. The normalized spacial score (nSPS) is 41.9. The number of hydrogen-bond donors (Lipinski definition) is 0. The molecule has 1 spiro atoms. The molecule has 21 heavy (non-hydrogen) atoms. The molecule has 4 nitrogen and oxygen atoms in total. The van der Waals surface area contributed by atoms with E-state index in [-0.39, 0.29) is 17.6 Å². The topological polar surface area (TPSA) is 35.5 Å². The van der Waals surface area contributed by atoms with E-state index in [1.54, 1.807) is 5.57 Å². The van der Waals surface area contributed by atoms with Gasteiger partial charge in [0.05, 0.1) is 32.7 Å². The Balaban J connectivity index is 1.89. The minimum absolute atomic E-state index is 0.0198. The predicted octanol–water partition coefficient (Wildman–Crippen LogP) is 1.96. The first kappa shape index (κ1) is 13.5. The zero-order valence-corrected chi connectivity index (χ0v) is 13.0. The lowest BCUT2D eigenvalue weighted by Crippen LogP contribution is -2.65. The summed E-state index contributed by atoms with van der Waals surface area (Å²) in [5.74, 6) is -0.0534. The number of carbonyl (C=O) groups excluding carboxylic acids is 1. The highest BCUT2D eigenvalue weighted by Gasteiger charge is 2.62. The van der Waals surface area contributed by atoms with E-state index < -0.39 is 0 Å². The van der Waals surface area contributed by atoms with Crippen LogP contribution in [0.25, 0.3) is 0 Å². The molecule has 0 radical (unpaired) electrons. The summed E-state index contributed by atoms with van der Waals surface area (Å²) in [4.78, 5) is 11.9. The smallest absolute Gasteiger partial charge is 0.310 e. The first-order valence-corrected chi connectivity index (χ1v) is 8.03. The summed E-state index contributed by atoms with van der Waals surface area (Å²) >= 11 is 0. The van der Waals surface area contributed by atoms with Crippen molar-refractivity contribution in [3.05, 3.63) is 22.8 Å². The molecule has 0 aromatic heterocycles. The largest absolute Gasteiger partial charge is 0.461 e. The van der Waals surface area contributed by atoms with Crippen LogP contribution < -0.4 is 0 Å². The van der Waals surface area contributed by atoms with Gasteiger partial charge in [0.1, 0.15) is 12.1 Å². The third-order valence-electron chi connectivity index (χ3n) is 6.37. The second-order valence-electron chi connectivity index (χ2n) is 7.15. The van der Waals surface area contributed by atoms with Crippen LogP contribution in [0.4, 0.5) is 0 Å². The van der Waals surface area contributed by atoms with Gasteiger partial charge in [-0.1, -0.05) is 6.08 Å². The molecule has 0 amide bonds. The van der Waals surface area contributed by atoms with Crippen molar-refractivity contribution in [1.82, 2.24) is 0 Å². The van der Waals surface area contributed by atoms with Gasteiger partial charge >= 0.3 is 5.97 Å². The number of carbonyl (C=O) groups is 1. The molecule has 0 N–H and O–H groups in total. The molecule has 0 aromatic rings. The van der Waals surface area contributed by atoms with Crippen LogP contribution >= 0.6 is 0 Å². The molecule has 114 valence electrons. The average molecular weight is 290 g/mol. The molecule has 4 aliphatic rings. The van der Waals surface area contributed by atoms with Crippen LogP contribution in [0.15, 0.2) is 22.8 Å². The van der Waals surface area contributed by atoms with Gasteiger partial charge < -0.3 is 14.0 Å². The second kappa shape index (κ2) is 4.43. The summed E-state index contributed by atoms with van der Waals surface area (Å²) < 4.78 is 12.1. The van der Waals surface area contributed by atoms with Gasteiger partial charge in [0, 0.05) is 31.9 Å². The van der Waals surface area contributed by atoms with E-state index in [1.807, 2.05) is 7.11 Å². The zero-order valence-electron chi connectivity index (χ0n) is 13.0. The first-order valence-electron chi connectivity index (χ1n) is 8.03. The van der Waals surface area contributed by atoms with Gasteiger partial charge in [-0.2, -0.15) is 0 Å². The molecule has 3 aliphatic heterocycles. The van der Waals surface area contributed by atoms with E-state index in [2.05, 4.69) is 13.1 Å². The molecule has 4 rings (SSSR count). The monoisotopic (exact) mass is 290 g/mol. The Labute approximate surface area is 126 Å². The molecule has 0 aromatic carbocycles. The van der Waals surface area contributed by atoms with E-state index in [0.717, 1.165) is 30.3 Å². The number of hydrogen-bond acceptors (Lipinski definition) is 3. The Morgan fingerprint density at radius 3 is 3.00 bits per heavy atom. The fourth-order valence-corrected chi connectivity index (χ4v) is 5.16. The number of nitrogens with zero attached hydrogens (tertiary/aromatic N) is 1. The van der Waals surface area contributed by atoms with Crippen molar-refractivity contribution in [2.75, 3.05) is 33.9 Å². The standard InChI is InChI=1S/C17H24NO3/c1-18-7-5-12-11-21-16(19)9-15(12)17(18)10-14(20-2)4-3-13(17)6-8-18/h3,14H,4-11H2,1-2H3/q+1/t14-,17-,18?/m0/s1. The second-order valence-corrected chi connectivity index (χ2v) is 7.15. The molecule has 4 heteroatoms. The number of quaternary nitrogens is 1. The molecule has 0 bridgehead atoms. The molecule has 1 unspecified atom stereocenters. The number of methoxy groups -OCH3 is 1. The summed E-state index contributed by atoms with van der Waals surface area (Å²) in [6.07, 6.45) is 7.44. The Morgan fingerprint density at radius 2 is 2.19 bits per heavy atom. The Morgan fingerprint density at radius 1 is 1.38 bits per heavy atom. The Bertz CT molecular complexity index is 564. The van der Waals surface area contributed by atoms with Crippen LogP contribution in [0.2, 0.25) is 0 Å². The van der Waals surface area contributed by atoms with Crippen LogP contribution in [0.1, 0.15) is 32.1 Å². The van der Waals surface area contributed by atoms with Crippen LogP contribution in [-0.2, 0) is 14.3 Å². The predicted molar refractivity (Wildman–Crippen MR) is 78.6 cm³/mol. The third-order valence-corrected chi connectivity index (χ3v) is 6.37. The molecule has 0 saturated carbocycles. The van der Waals surface area contributed by atoms with Crippen LogP contribution in [-0.4, -0.2) is 55.9 Å². The van der Waals surface area contributed by atoms with Gasteiger partial charge in [0.2, 0.25) is 0 Å². The molecular weight excluding hydrogens is 266 g/mol. The number of rotatable bonds is 1. The fourth-order valence-electron chi connectivity index (χ4n) is 5.16. The van der Waals surface area contributed by atoms with Crippen LogP contribution in [0.3, 0.4) is 0 Å². The van der Waals surface area contributed by atoms with Crippen molar-refractivity contribution in [2.24, 2.45) is 0 Å². The van der Waals surface area contributed by atoms with E-state index in [0.29, 0.717) is 13.0 Å². The molecule has 3 atom stereocenters. The first-order chi connectivity index (χ1) is 10.1. The summed E-state index contributed by atoms with van der Waals surface area (Å²) in [5.41, 5.74) is 4.33. The van der Waals surface area contributed by atoms with Gasteiger partial charge in [-0.25, -0.2) is 0 Å². The SMILES string of the molecule is CO[C@H]1CC=C2CC[N+]3(C)CCC4=C(CC(=O)OC4)[C@]23C1. The fraction of sp³-hybridized carbons (Fsp3) is 0.706. The lowest BCUT2D eigenvalue weighted by Gasteiger charge is -2.54. The minimum Gasteiger partial charge on any atom is -0.461 e. The lowest BCUT2D eigenvalue weighted by atomic mass is 9.68.